The number of carbonyl (C=O) groups excluding carboxylic acids is 1. The first kappa shape index (κ1) is 20.2. The molecule has 1 heterocycles. The smallest absolute Gasteiger partial charge is 0.223 e. The Labute approximate surface area is 169 Å². The Morgan fingerprint density at radius 2 is 1.75 bits per heavy atom. The van der Waals surface area contributed by atoms with Crippen molar-refractivity contribution in [3.63, 3.8) is 0 Å². The van der Waals surface area contributed by atoms with E-state index < -0.39 is 0 Å². The van der Waals surface area contributed by atoms with Crippen molar-refractivity contribution in [3.8, 4) is 5.75 Å². The molecule has 1 saturated heterocycles. The Morgan fingerprint density at radius 1 is 1.11 bits per heavy atom. The van der Waals surface area contributed by atoms with Gasteiger partial charge in [-0.2, -0.15) is 0 Å². The molecule has 1 aliphatic rings. The summed E-state index contributed by atoms with van der Waals surface area (Å²) in [6.45, 7) is 4.12. The van der Waals surface area contributed by atoms with Crippen molar-refractivity contribution in [1.29, 1.82) is 0 Å². The van der Waals surface area contributed by atoms with E-state index in [1.807, 2.05) is 30.1 Å². The molecule has 0 N–H and O–H groups in total. The summed E-state index contributed by atoms with van der Waals surface area (Å²) in [4.78, 5) is 17.3. The molecule has 28 heavy (non-hydrogen) atoms. The normalized spacial score (nSPS) is 15.9. The molecule has 1 unspecified atom stereocenters. The number of ether oxygens (including phenoxy) is 1. The molecule has 1 amide bonds. The van der Waals surface area contributed by atoms with Gasteiger partial charge in [0, 0.05) is 38.3 Å². The first-order valence-corrected chi connectivity index (χ1v) is 10.3. The Bertz CT molecular complexity index is 737. The first-order valence-electron chi connectivity index (χ1n) is 10.3. The molecule has 0 saturated carbocycles. The molecule has 0 aliphatic carbocycles. The van der Waals surface area contributed by atoms with Gasteiger partial charge in [0.25, 0.3) is 0 Å². The number of piperidine rings is 1. The van der Waals surface area contributed by atoms with Crippen LogP contribution in [0.5, 0.6) is 5.75 Å². The molecule has 0 radical (unpaired) electrons. The molecule has 4 nitrogen and oxygen atoms in total. The second-order valence-electron chi connectivity index (χ2n) is 7.64. The summed E-state index contributed by atoms with van der Waals surface area (Å²) in [6, 6.07) is 19.0. The number of nitrogens with zero attached hydrogens (tertiary/aromatic N) is 2. The van der Waals surface area contributed by atoms with Crippen molar-refractivity contribution in [2.24, 2.45) is 0 Å². The molecule has 1 aliphatic heterocycles. The van der Waals surface area contributed by atoms with Crippen molar-refractivity contribution < 1.29 is 9.53 Å². The maximum Gasteiger partial charge on any atom is 0.223 e. The number of amides is 1. The molecular formula is C24H32N2O2. The lowest BCUT2D eigenvalue weighted by atomic mass is 9.92. The summed E-state index contributed by atoms with van der Waals surface area (Å²) in [7, 11) is 3.67. The molecule has 1 atom stereocenters. The Hall–Kier alpha value is -2.49. The number of rotatable bonds is 7. The van der Waals surface area contributed by atoms with E-state index in [0.717, 1.165) is 38.1 Å². The van der Waals surface area contributed by atoms with E-state index >= 15 is 0 Å². The van der Waals surface area contributed by atoms with E-state index in [1.165, 1.54) is 11.3 Å². The Kier molecular flexibility index (Phi) is 6.96. The summed E-state index contributed by atoms with van der Waals surface area (Å²) in [6.07, 6.45) is 3.60. The summed E-state index contributed by atoms with van der Waals surface area (Å²) in [5.41, 5.74) is 2.49. The average molecular weight is 381 g/mol. The van der Waals surface area contributed by atoms with Crippen molar-refractivity contribution >= 4 is 11.6 Å². The standard InChI is InChI=1S/C24H32N2O2/c1-4-19(20-8-6-5-7-9-20)18-24(27)25(2)21-14-16-26(17-15-21)22-10-12-23(28-3)13-11-22/h5-13,19,21H,4,14-18H2,1-3H3. The van der Waals surface area contributed by atoms with Gasteiger partial charge in [0.05, 0.1) is 7.11 Å². The van der Waals surface area contributed by atoms with Crippen molar-refractivity contribution in [3.05, 3.63) is 60.2 Å². The van der Waals surface area contributed by atoms with Gasteiger partial charge in [-0.15, -0.1) is 0 Å². The second-order valence-corrected chi connectivity index (χ2v) is 7.64. The Balaban J connectivity index is 1.53. The molecule has 2 aromatic carbocycles. The Morgan fingerprint density at radius 3 is 2.32 bits per heavy atom. The minimum absolute atomic E-state index is 0.263. The van der Waals surface area contributed by atoms with Crippen LogP contribution >= 0.6 is 0 Å². The monoisotopic (exact) mass is 380 g/mol. The van der Waals surface area contributed by atoms with E-state index in [4.69, 9.17) is 4.74 Å². The molecule has 0 spiro atoms. The maximum atomic E-state index is 12.9. The lowest BCUT2D eigenvalue weighted by Crippen LogP contribution is -2.45. The molecule has 3 rings (SSSR count). The highest BCUT2D eigenvalue weighted by Crippen LogP contribution is 2.27. The predicted molar refractivity (Wildman–Crippen MR) is 115 cm³/mol. The third-order valence-electron chi connectivity index (χ3n) is 6.03. The number of carbonyl (C=O) groups is 1. The highest BCUT2D eigenvalue weighted by molar-refractivity contribution is 5.77. The zero-order valence-electron chi connectivity index (χ0n) is 17.3. The quantitative estimate of drug-likeness (QED) is 0.698. The molecule has 0 bridgehead atoms. The SMILES string of the molecule is CCC(CC(=O)N(C)C1CCN(c2ccc(OC)cc2)CC1)c1ccccc1. The fourth-order valence-corrected chi connectivity index (χ4v) is 4.09. The lowest BCUT2D eigenvalue weighted by Gasteiger charge is -2.38. The van der Waals surface area contributed by atoms with E-state index in [0.29, 0.717) is 18.4 Å². The zero-order valence-corrected chi connectivity index (χ0v) is 17.3. The van der Waals surface area contributed by atoms with Crippen molar-refractivity contribution in [2.45, 2.75) is 44.6 Å². The van der Waals surface area contributed by atoms with Gasteiger partial charge >= 0.3 is 0 Å². The number of anilines is 1. The van der Waals surface area contributed by atoms with Gasteiger partial charge in [-0.05, 0) is 55.0 Å². The van der Waals surface area contributed by atoms with Gasteiger partial charge in [0.1, 0.15) is 5.75 Å². The number of methoxy groups -OCH3 is 1. The second kappa shape index (κ2) is 9.63. The molecule has 4 heteroatoms. The predicted octanol–water partition coefficient (Wildman–Crippen LogP) is 4.71. The van der Waals surface area contributed by atoms with Crippen LogP contribution in [-0.4, -0.2) is 44.1 Å². The third kappa shape index (κ3) is 4.86. The minimum atomic E-state index is 0.263. The fraction of sp³-hybridized carbons (Fsp3) is 0.458. The molecule has 1 fully saturated rings. The van der Waals surface area contributed by atoms with Gasteiger partial charge in [-0.25, -0.2) is 0 Å². The summed E-state index contributed by atoms with van der Waals surface area (Å²) in [5, 5.41) is 0. The van der Waals surface area contributed by atoms with Crippen LogP contribution in [-0.2, 0) is 4.79 Å². The van der Waals surface area contributed by atoms with Gasteiger partial charge in [0.2, 0.25) is 5.91 Å². The van der Waals surface area contributed by atoms with E-state index in [-0.39, 0.29) is 5.91 Å². The van der Waals surface area contributed by atoms with Crippen LogP contribution < -0.4 is 9.64 Å². The van der Waals surface area contributed by atoms with E-state index in [2.05, 4.69) is 48.2 Å². The van der Waals surface area contributed by atoms with Gasteiger partial charge in [-0.1, -0.05) is 37.3 Å². The van der Waals surface area contributed by atoms with Crippen LogP contribution in [0.3, 0.4) is 0 Å². The summed E-state index contributed by atoms with van der Waals surface area (Å²) in [5.74, 6) is 1.45. The number of hydrogen-bond donors (Lipinski definition) is 0. The van der Waals surface area contributed by atoms with E-state index in [9.17, 15) is 4.79 Å². The highest BCUT2D eigenvalue weighted by atomic mass is 16.5. The molecule has 2 aromatic rings. The fourth-order valence-electron chi connectivity index (χ4n) is 4.09. The largest absolute Gasteiger partial charge is 0.497 e. The lowest BCUT2D eigenvalue weighted by molar-refractivity contribution is -0.132. The average Bonchev–Trinajstić information content (AvgIpc) is 2.77. The highest BCUT2D eigenvalue weighted by Gasteiger charge is 2.27. The third-order valence-corrected chi connectivity index (χ3v) is 6.03. The van der Waals surface area contributed by atoms with E-state index in [1.54, 1.807) is 7.11 Å². The first-order chi connectivity index (χ1) is 13.6. The number of benzene rings is 2. The van der Waals surface area contributed by atoms with Crippen LogP contribution in [0, 0.1) is 0 Å². The van der Waals surface area contributed by atoms with Crippen molar-refractivity contribution in [1.82, 2.24) is 4.90 Å². The summed E-state index contributed by atoms with van der Waals surface area (Å²) >= 11 is 0. The number of hydrogen-bond acceptors (Lipinski definition) is 3. The zero-order chi connectivity index (χ0) is 19.9. The topological polar surface area (TPSA) is 32.8 Å². The van der Waals surface area contributed by atoms with Crippen LogP contribution in [0.25, 0.3) is 0 Å². The maximum absolute atomic E-state index is 12.9. The molecule has 150 valence electrons. The van der Waals surface area contributed by atoms with Gasteiger partial charge < -0.3 is 14.5 Å². The van der Waals surface area contributed by atoms with Gasteiger partial charge in [-0.3, -0.25) is 4.79 Å². The van der Waals surface area contributed by atoms with Crippen LogP contribution in [0.1, 0.15) is 44.1 Å². The summed E-state index contributed by atoms with van der Waals surface area (Å²) < 4.78 is 5.24. The molecular weight excluding hydrogens is 348 g/mol. The van der Waals surface area contributed by atoms with Crippen LogP contribution in [0.2, 0.25) is 0 Å². The van der Waals surface area contributed by atoms with Crippen LogP contribution in [0.4, 0.5) is 5.69 Å². The van der Waals surface area contributed by atoms with Gasteiger partial charge in [0.15, 0.2) is 0 Å². The van der Waals surface area contributed by atoms with Crippen LogP contribution in [0.15, 0.2) is 54.6 Å². The van der Waals surface area contributed by atoms with Crippen molar-refractivity contribution in [2.75, 3.05) is 32.1 Å². The minimum Gasteiger partial charge on any atom is -0.497 e. The molecule has 0 aromatic heterocycles.